The first kappa shape index (κ1) is 14.0. The number of anilines is 2. The van der Waals surface area contributed by atoms with E-state index in [9.17, 15) is 4.79 Å². The standard InChI is InChI=1S/C15H18N4O/c1-4-16-13-9-8-12(18-19-13)15(20)17-14-10(2)6-5-7-11(14)3/h5-9H,4H2,1-3H3,(H,16,19)(H,17,20). The summed E-state index contributed by atoms with van der Waals surface area (Å²) in [5, 5.41) is 13.8. The van der Waals surface area contributed by atoms with E-state index in [1.807, 2.05) is 39.0 Å². The molecule has 2 aromatic rings. The fourth-order valence-electron chi connectivity index (χ4n) is 1.92. The minimum absolute atomic E-state index is 0.252. The summed E-state index contributed by atoms with van der Waals surface area (Å²) >= 11 is 0. The number of aromatic nitrogens is 2. The number of carbonyl (C=O) groups is 1. The smallest absolute Gasteiger partial charge is 0.276 e. The van der Waals surface area contributed by atoms with Gasteiger partial charge in [0.05, 0.1) is 0 Å². The van der Waals surface area contributed by atoms with E-state index in [4.69, 9.17) is 0 Å². The van der Waals surface area contributed by atoms with E-state index in [1.165, 1.54) is 0 Å². The number of nitrogens with one attached hydrogen (secondary N) is 2. The third-order valence-corrected chi connectivity index (χ3v) is 2.97. The molecule has 0 aliphatic carbocycles. The van der Waals surface area contributed by atoms with Crippen LogP contribution in [0.4, 0.5) is 11.5 Å². The highest BCUT2D eigenvalue weighted by Gasteiger charge is 2.11. The van der Waals surface area contributed by atoms with Crippen molar-refractivity contribution >= 4 is 17.4 Å². The first-order valence-corrected chi connectivity index (χ1v) is 6.57. The number of para-hydroxylation sites is 1. The van der Waals surface area contributed by atoms with Gasteiger partial charge in [-0.1, -0.05) is 18.2 Å². The van der Waals surface area contributed by atoms with E-state index in [-0.39, 0.29) is 5.91 Å². The van der Waals surface area contributed by atoms with Crippen LogP contribution in [0.3, 0.4) is 0 Å². The Hall–Kier alpha value is -2.43. The van der Waals surface area contributed by atoms with Crippen molar-refractivity contribution < 1.29 is 4.79 Å². The Morgan fingerprint density at radius 3 is 2.35 bits per heavy atom. The second kappa shape index (κ2) is 6.14. The summed E-state index contributed by atoms with van der Waals surface area (Å²) in [5.74, 6) is 0.411. The molecule has 1 amide bonds. The molecule has 1 heterocycles. The van der Waals surface area contributed by atoms with Gasteiger partial charge in [-0.2, -0.15) is 0 Å². The lowest BCUT2D eigenvalue weighted by Crippen LogP contribution is -2.16. The molecule has 0 saturated heterocycles. The molecule has 20 heavy (non-hydrogen) atoms. The van der Waals surface area contributed by atoms with Gasteiger partial charge in [0.25, 0.3) is 5.91 Å². The maximum Gasteiger partial charge on any atom is 0.276 e. The summed E-state index contributed by atoms with van der Waals surface area (Å²) in [6, 6.07) is 9.29. The number of aryl methyl sites for hydroxylation is 2. The van der Waals surface area contributed by atoms with Crippen LogP contribution in [-0.4, -0.2) is 22.6 Å². The number of rotatable bonds is 4. The van der Waals surface area contributed by atoms with Crippen LogP contribution in [0.1, 0.15) is 28.5 Å². The van der Waals surface area contributed by atoms with Gasteiger partial charge >= 0.3 is 0 Å². The highest BCUT2D eigenvalue weighted by Crippen LogP contribution is 2.20. The SMILES string of the molecule is CCNc1ccc(C(=O)Nc2c(C)cccc2C)nn1. The van der Waals surface area contributed by atoms with Gasteiger partial charge < -0.3 is 10.6 Å². The Morgan fingerprint density at radius 2 is 1.80 bits per heavy atom. The predicted molar refractivity (Wildman–Crippen MR) is 80.1 cm³/mol. The van der Waals surface area contributed by atoms with Gasteiger partial charge in [-0.05, 0) is 44.0 Å². The van der Waals surface area contributed by atoms with Gasteiger partial charge in [0.1, 0.15) is 5.82 Å². The second-order valence-electron chi connectivity index (χ2n) is 4.56. The van der Waals surface area contributed by atoms with Crippen LogP contribution in [-0.2, 0) is 0 Å². The first-order chi connectivity index (χ1) is 9.61. The Labute approximate surface area is 118 Å². The largest absolute Gasteiger partial charge is 0.369 e. The molecule has 0 saturated carbocycles. The van der Waals surface area contributed by atoms with E-state index in [2.05, 4.69) is 20.8 Å². The lowest BCUT2D eigenvalue weighted by Gasteiger charge is -2.11. The highest BCUT2D eigenvalue weighted by atomic mass is 16.1. The van der Waals surface area contributed by atoms with Crippen molar-refractivity contribution in [3.8, 4) is 0 Å². The summed E-state index contributed by atoms with van der Waals surface area (Å²) in [4.78, 5) is 12.2. The number of hydrogen-bond donors (Lipinski definition) is 2. The van der Waals surface area contributed by atoms with Crippen LogP contribution in [0.2, 0.25) is 0 Å². The molecule has 0 aliphatic rings. The van der Waals surface area contributed by atoms with E-state index in [0.29, 0.717) is 11.5 Å². The summed E-state index contributed by atoms with van der Waals surface area (Å²) in [5.41, 5.74) is 3.18. The number of carbonyl (C=O) groups excluding carboxylic acids is 1. The van der Waals surface area contributed by atoms with Gasteiger partial charge in [0.15, 0.2) is 5.69 Å². The topological polar surface area (TPSA) is 66.9 Å². The number of amides is 1. The molecule has 5 nitrogen and oxygen atoms in total. The van der Waals surface area contributed by atoms with Crippen LogP contribution in [0.25, 0.3) is 0 Å². The van der Waals surface area contributed by atoms with Gasteiger partial charge in [-0.3, -0.25) is 4.79 Å². The summed E-state index contributed by atoms with van der Waals surface area (Å²) in [6.45, 7) is 6.66. The first-order valence-electron chi connectivity index (χ1n) is 6.57. The van der Waals surface area contributed by atoms with Gasteiger partial charge in [0.2, 0.25) is 0 Å². The van der Waals surface area contributed by atoms with Crippen molar-refractivity contribution in [2.75, 3.05) is 17.2 Å². The molecular weight excluding hydrogens is 252 g/mol. The van der Waals surface area contributed by atoms with E-state index < -0.39 is 0 Å². The maximum atomic E-state index is 12.2. The third kappa shape index (κ3) is 3.12. The van der Waals surface area contributed by atoms with Crippen molar-refractivity contribution in [2.45, 2.75) is 20.8 Å². The van der Waals surface area contributed by atoms with Crippen molar-refractivity contribution in [3.05, 3.63) is 47.2 Å². The number of nitrogens with zero attached hydrogens (tertiary/aromatic N) is 2. The van der Waals surface area contributed by atoms with Crippen molar-refractivity contribution in [3.63, 3.8) is 0 Å². The lowest BCUT2D eigenvalue weighted by molar-refractivity contribution is 0.102. The van der Waals surface area contributed by atoms with Crippen LogP contribution in [0.5, 0.6) is 0 Å². The van der Waals surface area contributed by atoms with Crippen molar-refractivity contribution in [2.24, 2.45) is 0 Å². The maximum absolute atomic E-state index is 12.2. The van der Waals surface area contributed by atoms with Gasteiger partial charge in [0, 0.05) is 12.2 Å². The van der Waals surface area contributed by atoms with Crippen molar-refractivity contribution in [1.82, 2.24) is 10.2 Å². The minimum atomic E-state index is -0.252. The molecule has 2 N–H and O–H groups in total. The van der Waals surface area contributed by atoms with E-state index in [0.717, 1.165) is 23.4 Å². The van der Waals surface area contributed by atoms with Crippen molar-refractivity contribution in [1.29, 1.82) is 0 Å². The second-order valence-corrected chi connectivity index (χ2v) is 4.56. The third-order valence-electron chi connectivity index (χ3n) is 2.97. The van der Waals surface area contributed by atoms with Crippen LogP contribution >= 0.6 is 0 Å². The molecule has 0 radical (unpaired) electrons. The molecule has 0 bridgehead atoms. The minimum Gasteiger partial charge on any atom is -0.369 e. The lowest BCUT2D eigenvalue weighted by atomic mass is 10.1. The zero-order valence-corrected chi connectivity index (χ0v) is 11.9. The zero-order valence-electron chi connectivity index (χ0n) is 11.9. The molecule has 104 valence electrons. The average molecular weight is 270 g/mol. The quantitative estimate of drug-likeness (QED) is 0.896. The molecule has 1 aromatic carbocycles. The number of benzene rings is 1. The molecular formula is C15H18N4O. The Bertz CT molecular complexity index is 588. The summed E-state index contributed by atoms with van der Waals surface area (Å²) < 4.78 is 0. The Morgan fingerprint density at radius 1 is 1.10 bits per heavy atom. The van der Waals surface area contributed by atoms with E-state index >= 15 is 0 Å². The highest BCUT2D eigenvalue weighted by molar-refractivity contribution is 6.03. The summed E-state index contributed by atoms with van der Waals surface area (Å²) in [6.07, 6.45) is 0. The Kier molecular flexibility index (Phi) is 4.30. The molecule has 0 fully saturated rings. The van der Waals surface area contributed by atoms with Gasteiger partial charge in [-0.25, -0.2) is 0 Å². The summed E-state index contributed by atoms with van der Waals surface area (Å²) in [7, 11) is 0. The normalized spacial score (nSPS) is 10.2. The Balaban J connectivity index is 2.16. The van der Waals surface area contributed by atoms with E-state index in [1.54, 1.807) is 12.1 Å². The van der Waals surface area contributed by atoms with Gasteiger partial charge in [-0.15, -0.1) is 10.2 Å². The van der Waals surface area contributed by atoms with Crippen LogP contribution in [0.15, 0.2) is 30.3 Å². The van der Waals surface area contributed by atoms with Crippen LogP contribution < -0.4 is 10.6 Å². The molecule has 0 spiro atoms. The number of hydrogen-bond acceptors (Lipinski definition) is 4. The fourth-order valence-corrected chi connectivity index (χ4v) is 1.92. The fraction of sp³-hybridized carbons (Fsp3) is 0.267. The molecule has 5 heteroatoms. The monoisotopic (exact) mass is 270 g/mol. The molecule has 0 aliphatic heterocycles. The average Bonchev–Trinajstić information content (AvgIpc) is 2.44. The molecule has 0 atom stereocenters. The zero-order chi connectivity index (χ0) is 14.5. The molecule has 1 aromatic heterocycles. The van der Waals surface area contributed by atoms with Crippen LogP contribution in [0, 0.1) is 13.8 Å². The molecule has 2 rings (SSSR count). The molecule has 0 unspecified atom stereocenters. The predicted octanol–water partition coefficient (Wildman–Crippen LogP) is 2.78.